The number of halogens is 4. The van der Waals surface area contributed by atoms with Crippen LogP contribution in [-0.2, 0) is 23.7 Å². The number of pyridine rings is 1. The summed E-state index contributed by atoms with van der Waals surface area (Å²) in [5.41, 5.74) is 3.10. The van der Waals surface area contributed by atoms with Crippen molar-refractivity contribution in [3.05, 3.63) is 63.4 Å². The predicted molar refractivity (Wildman–Crippen MR) is 255 cm³/mol. The third kappa shape index (κ3) is 8.17. The summed E-state index contributed by atoms with van der Waals surface area (Å²) in [6.45, 7) is 7.71. The standard InChI is InChI=1S/C49H57ClF3N11O4/c1-27-24-64(38-22-37-33(21-35(38)51)40(59-61(37)3)31-7-9-39(65)56-45(31)66)15-10-29(27)25-62-16-11-48(12-17-62)13-18-63(19-14-48)47-54-23-34(50)44(58-47)55-30-6-8-36-32(20-30)41-42(46(67)60(36)2)68-26-49(52,53)43(57-41)28-4-5-28/h6,8,20-23,27-29,31,43,57H,4-5,7,9-19,24-26H2,1-3H3,(H,54,55,58)(H,56,65,66)/t27-,29+,31?,43+/m1/s1. The highest BCUT2D eigenvalue weighted by Crippen LogP contribution is 2.47. The van der Waals surface area contributed by atoms with Gasteiger partial charge in [-0.2, -0.15) is 10.1 Å². The number of likely N-dealkylation sites (tertiary alicyclic amines) is 1. The number of piperidine rings is 4. The Morgan fingerprint density at radius 2 is 1.69 bits per heavy atom. The molecule has 0 bridgehead atoms. The fourth-order valence-electron chi connectivity index (χ4n) is 11.7. The van der Waals surface area contributed by atoms with E-state index in [0.29, 0.717) is 81.2 Å². The molecule has 5 aliphatic heterocycles. The molecule has 1 saturated carbocycles. The Balaban J connectivity index is 0.699. The Morgan fingerprint density at radius 3 is 2.43 bits per heavy atom. The minimum absolute atomic E-state index is 0.107. The number of nitrogens with one attached hydrogen (secondary N) is 3. The molecule has 1 aliphatic carbocycles. The normalized spacial score (nSPS) is 25.2. The first kappa shape index (κ1) is 44.9. The van der Waals surface area contributed by atoms with Gasteiger partial charge in [-0.25, -0.2) is 18.2 Å². The van der Waals surface area contributed by atoms with Crippen LogP contribution < -0.4 is 36.0 Å². The van der Waals surface area contributed by atoms with Gasteiger partial charge in [-0.1, -0.05) is 18.5 Å². The van der Waals surface area contributed by atoms with E-state index >= 15 is 13.2 Å². The van der Waals surface area contributed by atoms with Gasteiger partial charge in [-0.3, -0.25) is 24.4 Å². The molecule has 3 aromatic heterocycles. The molecule has 0 radical (unpaired) electrons. The van der Waals surface area contributed by atoms with E-state index in [2.05, 4.69) is 47.7 Å². The van der Waals surface area contributed by atoms with Crippen molar-refractivity contribution in [3.63, 3.8) is 0 Å². The number of anilines is 5. The summed E-state index contributed by atoms with van der Waals surface area (Å²) in [6, 6.07) is 7.65. The van der Waals surface area contributed by atoms with Crippen molar-refractivity contribution in [2.45, 2.75) is 82.6 Å². The zero-order valence-electron chi connectivity index (χ0n) is 38.6. The van der Waals surface area contributed by atoms with Crippen LogP contribution in [0.1, 0.15) is 76.3 Å². The van der Waals surface area contributed by atoms with Crippen molar-refractivity contribution in [3.8, 4) is 5.75 Å². The monoisotopic (exact) mass is 955 g/mol. The molecule has 4 atom stereocenters. The second-order valence-electron chi connectivity index (χ2n) is 20.4. The maximum atomic E-state index is 15.9. The van der Waals surface area contributed by atoms with Crippen LogP contribution in [0.25, 0.3) is 21.8 Å². The summed E-state index contributed by atoms with van der Waals surface area (Å²) >= 11 is 6.67. The van der Waals surface area contributed by atoms with E-state index in [-0.39, 0.29) is 46.8 Å². The molecule has 360 valence electrons. The number of imide groups is 1. The number of alkyl halides is 2. The molecule has 1 spiro atoms. The number of benzene rings is 2. The molecular weight excluding hydrogens is 899 g/mol. The van der Waals surface area contributed by atoms with E-state index in [1.807, 2.05) is 25.2 Å². The summed E-state index contributed by atoms with van der Waals surface area (Å²) in [4.78, 5) is 54.2. The highest BCUT2D eigenvalue weighted by molar-refractivity contribution is 6.33. The summed E-state index contributed by atoms with van der Waals surface area (Å²) in [5.74, 6) is -3.12. The number of carbonyl (C=O) groups is 2. The average molecular weight is 957 g/mol. The van der Waals surface area contributed by atoms with Crippen molar-refractivity contribution in [1.82, 2.24) is 34.5 Å². The minimum Gasteiger partial charge on any atom is -0.480 e. The third-order valence-corrected chi connectivity index (χ3v) is 16.3. The van der Waals surface area contributed by atoms with Gasteiger partial charge in [-0.05, 0) is 118 Å². The van der Waals surface area contributed by atoms with Crippen LogP contribution in [0.15, 0.2) is 41.3 Å². The van der Waals surface area contributed by atoms with E-state index in [1.165, 1.54) is 10.6 Å². The quantitative estimate of drug-likeness (QED) is 0.134. The van der Waals surface area contributed by atoms with Gasteiger partial charge >= 0.3 is 5.92 Å². The highest BCUT2D eigenvalue weighted by Gasteiger charge is 2.51. The third-order valence-electron chi connectivity index (χ3n) is 16.1. The van der Waals surface area contributed by atoms with Gasteiger partial charge in [0.2, 0.25) is 23.5 Å². The van der Waals surface area contributed by atoms with Crippen LogP contribution in [0, 0.1) is 29.0 Å². The maximum absolute atomic E-state index is 15.9. The Morgan fingerprint density at radius 1 is 0.926 bits per heavy atom. The Labute approximate surface area is 396 Å². The smallest absolute Gasteiger partial charge is 0.301 e. The van der Waals surface area contributed by atoms with Crippen LogP contribution in [-0.4, -0.2) is 105 Å². The van der Waals surface area contributed by atoms with Gasteiger partial charge in [0.25, 0.3) is 5.56 Å². The lowest BCUT2D eigenvalue weighted by atomic mass is 9.71. The lowest BCUT2D eigenvalue weighted by Crippen LogP contribution is -2.49. The number of hydrogen-bond donors (Lipinski definition) is 3. The fraction of sp³-hybridized carbons (Fsp3) is 0.551. The van der Waals surface area contributed by atoms with E-state index in [9.17, 15) is 14.4 Å². The second kappa shape index (κ2) is 17.1. The number of amides is 2. The topological polar surface area (TPSA) is 155 Å². The Hall–Kier alpha value is -5.62. The molecule has 8 heterocycles. The first-order chi connectivity index (χ1) is 32.6. The molecular formula is C49H57ClF3N11O4. The van der Waals surface area contributed by atoms with Crippen LogP contribution >= 0.6 is 11.6 Å². The van der Waals surface area contributed by atoms with Crippen molar-refractivity contribution < 1.29 is 27.5 Å². The lowest BCUT2D eigenvalue weighted by Gasteiger charge is -2.48. The molecule has 68 heavy (non-hydrogen) atoms. The average Bonchev–Trinajstić information content (AvgIpc) is 4.13. The van der Waals surface area contributed by atoms with Crippen molar-refractivity contribution >= 4 is 74.0 Å². The highest BCUT2D eigenvalue weighted by atomic mass is 35.5. The predicted octanol–water partition coefficient (Wildman–Crippen LogP) is 7.33. The molecule has 2 amide bonds. The Kier molecular flexibility index (Phi) is 11.3. The van der Waals surface area contributed by atoms with Gasteiger partial charge in [0.15, 0.2) is 12.4 Å². The number of aromatic nitrogens is 5. The molecule has 4 saturated heterocycles. The number of rotatable bonds is 8. The molecule has 2 aromatic carbocycles. The number of aryl methyl sites for hydroxylation is 2. The van der Waals surface area contributed by atoms with Gasteiger partial charge in [0, 0.05) is 69.7 Å². The summed E-state index contributed by atoms with van der Waals surface area (Å²) in [6.07, 6.45) is 8.91. The summed E-state index contributed by atoms with van der Waals surface area (Å²) in [7, 11) is 3.42. The molecule has 15 nitrogen and oxygen atoms in total. The van der Waals surface area contributed by atoms with E-state index in [1.54, 1.807) is 24.0 Å². The summed E-state index contributed by atoms with van der Waals surface area (Å²) < 4.78 is 55.0. The van der Waals surface area contributed by atoms with Gasteiger partial charge < -0.3 is 34.6 Å². The largest absolute Gasteiger partial charge is 0.480 e. The molecule has 1 unspecified atom stereocenters. The molecule has 19 heteroatoms. The van der Waals surface area contributed by atoms with Gasteiger partial charge in [0.1, 0.15) is 10.8 Å². The minimum atomic E-state index is -3.13. The molecule has 3 N–H and O–H groups in total. The number of hydrogen-bond acceptors (Lipinski definition) is 12. The molecule has 5 fully saturated rings. The van der Waals surface area contributed by atoms with Gasteiger partial charge in [0.05, 0.1) is 46.3 Å². The molecule has 11 rings (SSSR count). The Bertz CT molecular complexity index is 2890. The van der Waals surface area contributed by atoms with E-state index < -0.39 is 30.0 Å². The maximum Gasteiger partial charge on any atom is 0.301 e. The van der Waals surface area contributed by atoms with Crippen molar-refractivity contribution in [2.75, 3.05) is 72.9 Å². The summed E-state index contributed by atoms with van der Waals surface area (Å²) in [5, 5.41) is 14.9. The van der Waals surface area contributed by atoms with E-state index in [0.717, 1.165) is 83.4 Å². The number of nitrogens with zero attached hydrogens (tertiary/aromatic N) is 8. The first-order valence-corrected chi connectivity index (χ1v) is 24.5. The molecule has 5 aromatic rings. The van der Waals surface area contributed by atoms with Crippen LogP contribution in [0.2, 0.25) is 5.02 Å². The van der Waals surface area contributed by atoms with E-state index in [4.69, 9.17) is 21.3 Å². The number of carbonyl (C=O) groups excluding carboxylic acids is 2. The van der Waals surface area contributed by atoms with Crippen LogP contribution in [0.5, 0.6) is 5.75 Å². The number of ether oxygens (including phenoxy) is 1. The second-order valence-corrected chi connectivity index (χ2v) is 20.8. The number of fused-ring (bicyclic) bond motifs is 4. The zero-order chi connectivity index (χ0) is 47.2. The fourth-order valence-corrected chi connectivity index (χ4v) is 11.8. The van der Waals surface area contributed by atoms with Crippen LogP contribution in [0.3, 0.4) is 0 Å². The lowest BCUT2D eigenvalue weighted by molar-refractivity contribution is -0.134. The van der Waals surface area contributed by atoms with Crippen molar-refractivity contribution in [1.29, 1.82) is 0 Å². The SMILES string of the molecule is C[C@@H]1CN(c2cc3c(cc2F)c(C2CCC(=O)NC2=O)nn3C)CC[C@H]1CN1CCC2(CC1)CCN(c1ncc(Cl)c(Nc3ccc4c(c3)c3c(c(=O)n4C)OCC(F)(F)[C@H](C4CC4)N3)n1)CC2. The zero-order valence-corrected chi connectivity index (χ0v) is 39.4. The molecule has 6 aliphatic rings. The van der Waals surface area contributed by atoms with Crippen molar-refractivity contribution in [2.24, 2.45) is 37.3 Å². The first-order valence-electron chi connectivity index (χ1n) is 24.1. The van der Waals surface area contributed by atoms with Gasteiger partial charge in [-0.15, -0.1) is 0 Å². The van der Waals surface area contributed by atoms with Crippen LogP contribution in [0.4, 0.5) is 42.0 Å².